The summed E-state index contributed by atoms with van der Waals surface area (Å²) in [5.74, 6) is -2.04. The first-order valence-electron chi connectivity index (χ1n) is 9.14. The lowest BCUT2D eigenvalue weighted by atomic mass is 10.2. The van der Waals surface area contributed by atoms with E-state index in [0.717, 1.165) is 6.08 Å². The zero-order valence-electron chi connectivity index (χ0n) is 16.4. The minimum atomic E-state index is -0.658. The second-order valence-electron chi connectivity index (χ2n) is 5.97. The van der Waals surface area contributed by atoms with E-state index in [2.05, 4.69) is 11.3 Å². The van der Waals surface area contributed by atoms with Crippen molar-refractivity contribution in [2.24, 2.45) is 0 Å². The Morgan fingerprint density at radius 2 is 1.32 bits per heavy atom. The fraction of sp³-hybridized carbons (Fsp3) is 0.182. The molecule has 0 saturated heterocycles. The van der Waals surface area contributed by atoms with Crippen molar-refractivity contribution in [1.29, 1.82) is 0 Å². The van der Waals surface area contributed by atoms with Gasteiger partial charge in [-0.3, -0.25) is 9.59 Å². The first-order valence-corrected chi connectivity index (χ1v) is 9.14. The van der Waals surface area contributed by atoms with Crippen LogP contribution in [0.1, 0.15) is 23.2 Å². The number of aromatic hydroxyl groups is 1. The maximum absolute atomic E-state index is 12.1. The average molecular weight is 428 g/mol. The summed E-state index contributed by atoms with van der Waals surface area (Å²) < 4.78 is 19.7. The first kappa shape index (κ1) is 23.1. The summed E-state index contributed by atoms with van der Waals surface area (Å²) in [6.45, 7) is 2.99. The molecule has 0 aliphatic rings. The molecular formula is C22H20O9. The largest absolute Gasteiger partial charge is 0.508 e. The molecular weight excluding hydrogens is 408 g/mol. The lowest BCUT2D eigenvalue weighted by Gasteiger charge is -2.07. The highest BCUT2D eigenvalue weighted by Gasteiger charge is 2.12. The molecule has 31 heavy (non-hydrogen) atoms. The number of rotatable bonds is 10. The summed E-state index contributed by atoms with van der Waals surface area (Å²) in [6, 6.07) is 11.3. The van der Waals surface area contributed by atoms with Gasteiger partial charge in [0.15, 0.2) is 0 Å². The fourth-order valence-electron chi connectivity index (χ4n) is 2.15. The predicted octanol–water partition coefficient (Wildman–Crippen LogP) is 2.57. The smallest absolute Gasteiger partial charge is 0.343 e. The van der Waals surface area contributed by atoms with Crippen LogP contribution in [0.3, 0.4) is 0 Å². The van der Waals surface area contributed by atoms with Crippen LogP contribution in [0.4, 0.5) is 0 Å². The third-order valence-corrected chi connectivity index (χ3v) is 3.66. The molecule has 2 aromatic carbocycles. The zero-order chi connectivity index (χ0) is 22.6. The number of carbonyl (C=O) groups is 4. The number of phenolic OH excluding ortho intramolecular Hbond substituents is 1. The van der Waals surface area contributed by atoms with Gasteiger partial charge in [0, 0.05) is 6.08 Å². The molecule has 0 aliphatic heterocycles. The van der Waals surface area contributed by atoms with E-state index in [4.69, 9.17) is 14.2 Å². The summed E-state index contributed by atoms with van der Waals surface area (Å²) in [5.41, 5.74) is 0.230. The van der Waals surface area contributed by atoms with E-state index in [-0.39, 0.29) is 48.9 Å². The van der Waals surface area contributed by atoms with Gasteiger partial charge in [-0.15, -0.1) is 0 Å². The Balaban J connectivity index is 1.72. The van der Waals surface area contributed by atoms with Crippen molar-refractivity contribution in [2.45, 2.75) is 12.8 Å². The van der Waals surface area contributed by atoms with Crippen LogP contribution in [0.2, 0.25) is 0 Å². The molecule has 2 rings (SSSR count). The minimum Gasteiger partial charge on any atom is -0.508 e. The molecule has 2 aromatic rings. The summed E-state index contributed by atoms with van der Waals surface area (Å²) in [6.07, 6.45) is 0.574. The van der Waals surface area contributed by atoms with Crippen LogP contribution in [0, 0.1) is 0 Å². The Kier molecular flexibility index (Phi) is 8.78. The normalized spacial score (nSPS) is 9.94. The van der Waals surface area contributed by atoms with Crippen molar-refractivity contribution in [3.05, 3.63) is 66.7 Å². The number of hydrogen-bond donors (Lipinski definition) is 1. The van der Waals surface area contributed by atoms with Crippen molar-refractivity contribution >= 4 is 23.9 Å². The van der Waals surface area contributed by atoms with Crippen LogP contribution in [0.15, 0.2) is 61.2 Å². The van der Waals surface area contributed by atoms with E-state index >= 15 is 0 Å². The van der Waals surface area contributed by atoms with Gasteiger partial charge < -0.3 is 24.1 Å². The fourth-order valence-corrected chi connectivity index (χ4v) is 2.15. The van der Waals surface area contributed by atoms with E-state index < -0.39 is 23.9 Å². The van der Waals surface area contributed by atoms with Crippen LogP contribution in [0.25, 0.3) is 0 Å². The minimum absolute atomic E-state index is 0.0493. The zero-order valence-corrected chi connectivity index (χ0v) is 16.4. The topological polar surface area (TPSA) is 125 Å². The number of benzene rings is 2. The molecule has 0 aromatic heterocycles. The van der Waals surface area contributed by atoms with Crippen molar-refractivity contribution < 1.29 is 43.2 Å². The highest BCUT2D eigenvalue weighted by Crippen LogP contribution is 2.19. The van der Waals surface area contributed by atoms with Gasteiger partial charge in [-0.1, -0.05) is 6.58 Å². The molecule has 0 aliphatic carbocycles. The van der Waals surface area contributed by atoms with Crippen LogP contribution >= 0.6 is 0 Å². The van der Waals surface area contributed by atoms with Gasteiger partial charge in [0.25, 0.3) is 0 Å². The van der Waals surface area contributed by atoms with E-state index in [1.165, 1.54) is 48.5 Å². The number of ether oxygens (including phenoxy) is 4. The van der Waals surface area contributed by atoms with Gasteiger partial charge in [0.1, 0.15) is 30.5 Å². The van der Waals surface area contributed by atoms with Crippen molar-refractivity contribution in [1.82, 2.24) is 0 Å². The highest BCUT2D eigenvalue weighted by atomic mass is 16.6. The molecule has 0 atom stereocenters. The van der Waals surface area contributed by atoms with Gasteiger partial charge >= 0.3 is 23.9 Å². The van der Waals surface area contributed by atoms with Crippen molar-refractivity contribution in [3.63, 3.8) is 0 Å². The van der Waals surface area contributed by atoms with Crippen LogP contribution in [0.5, 0.6) is 17.2 Å². The second-order valence-corrected chi connectivity index (χ2v) is 5.97. The quantitative estimate of drug-likeness (QED) is 0.263. The lowest BCUT2D eigenvalue weighted by Crippen LogP contribution is -2.15. The van der Waals surface area contributed by atoms with Crippen LogP contribution in [-0.2, 0) is 23.9 Å². The molecule has 0 fully saturated rings. The summed E-state index contributed by atoms with van der Waals surface area (Å²) in [7, 11) is 0. The molecule has 9 heteroatoms. The maximum atomic E-state index is 12.1. The maximum Gasteiger partial charge on any atom is 0.343 e. The van der Waals surface area contributed by atoms with Crippen molar-refractivity contribution in [3.8, 4) is 17.2 Å². The number of esters is 4. The molecule has 0 unspecified atom stereocenters. The SMILES string of the molecule is C=CC(=O)OCCOC(=O)CCC(=O)Oc1ccc(C(=O)Oc2ccc(O)cc2)cc1. The summed E-state index contributed by atoms with van der Waals surface area (Å²) in [5, 5.41) is 9.23. The standard InChI is InChI=1S/C22H20O9/c1-2-19(24)28-13-14-29-20(25)11-12-21(26)30-17-7-3-15(4-8-17)22(27)31-18-9-5-16(23)6-10-18/h2-10,23H,1,11-14H2. The number of phenols is 1. The third kappa shape index (κ3) is 8.40. The van der Waals surface area contributed by atoms with E-state index in [1.54, 1.807) is 0 Å². The number of carbonyl (C=O) groups excluding carboxylic acids is 4. The monoisotopic (exact) mass is 428 g/mol. The van der Waals surface area contributed by atoms with Gasteiger partial charge in [-0.05, 0) is 48.5 Å². The Bertz CT molecular complexity index is 930. The molecule has 0 amide bonds. The van der Waals surface area contributed by atoms with Crippen LogP contribution in [-0.4, -0.2) is 42.2 Å². The lowest BCUT2D eigenvalue weighted by molar-refractivity contribution is -0.151. The van der Waals surface area contributed by atoms with E-state index in [1.807, 2.05) is 0 Å². The summed E-state index contributed by atoms with van der Waals surface area (Å²) in [4.78, 5) is 46.3. The molecule has 1 N–H and O–H groups in total. The van der Waals surface area contributed by atoms with E-state index in [0.29, 0.717) is 0 Å². The van der Waals surface area contributed by atoms with Gasteiger partial charge in [-0.2, -0.15) is 0 Å². The molecule has 0 bridgehead atoms. The molecule has 162 valence electrons. The predicted molar refractivity (Wildman–Crippen MR) is 106 cm³/mol. The second kappa shape index (κ2) is 11.8. The Morgan fingerprint density at radius 3 is 1.97 bits per heavy atom. The Labute approximate surface area is 177 Å². The molecule has 0 saturated carbocycles. The van der Waals surface area contributed by atoms with Gasteiger partial charge in [-0.25, -0.2) is 9.59 Å². The Morgan fingerprint density at radius 1 is 0.774 bits per heavy atom. The first-order chi connectivity index (χ1) is 14.9. The van der Waals surface area contributed by atoms with Crippen molar-refractivity contribution in [2.75, 3.05) is 13.2 Å². The summed E-state index contributed by atoms with van der Waals surface area (Å²) >= 11 is 0. The van der Waals surface area contributed by atoms with Gasteiger partial charge in [0.05, 0.1) is 18.4 Å². The molecule has 0 spiro atoms. The molecule has 0 radical (unpaired) electrons. The molecule has 0 heterocycles. The highest BCUT2D eigenvalue weighted by molar-refractivity contribution is 5.91. The molecule has 9 nitrogen and oxygen atoms in total. The average Bonchev–Trinajstić information content (AvgIpc) is 2.77. The number of hydrogen-bond acceptors (Lipinski definition) is 9. The Hall–Kier alpha value is -4.14. The van der Waals surface area contributed by atoms with Gasteiger partial charge in [0.2, 0.25) is 0 Å². The van der Waals surface area contributed by atoms with E-state index in [9.17, 15) is 24.3 Å². The third-order valence-electron chi connectivity index (χ3n) is 3.66. The van der Waals surface area contributed by atoms with Crippen LogP contribution < -0.4 is 9.47 Å².